The van der Waals surface area contributed by atoms with Crippen molar-refractivity contribution < 1.29 is 14.4 Å². The third kappa shape index (κ3) is 5.19. The SMILES string of the molecule is CC(=O)Nc1cccc([C@@H]2CC[C@@H](C)CN2C(=O)C(=O)Nc2cncc(C)c2)c1. The second-order valence-corrected chi connectivity index (χ2v) is 7.67. The summed E-state index contributed by atoms with van der Waals surface area (Å²) in [5.41, 5.74) is 2.98. The van der Waals surface area contributed by atoms with Crippen LogP contribution < -0.4 is 10.6 Å². The highest BCUT2D eigenvalue weighted by atomic mass is 16.2. The van der Waals surface area contributed by atoms with Gasteiger partial charge < -0.3 is 15.5 Å². The normalized spacial score (nSPS) is 18.8. The molecule has 0 aliphatic carbocycles. The van der Waals surface area contributed by atoms with E-state index >= 15 is 0 Å². The van der Waals surface area contributed by atoms with Gasteiger partial charge in [-0.15, -0.1) is 0 Å². The summed E-state index contributed by atoms with van der Waals surface area (Å²) >= 11 is 0. The standard InChI is InChI=1S/C22H26N4O3/c1-14-7-8-20(17-5-4-6-18(10-17)24-16(3)27)26(13-14)22(29)21(28)25-19-9-15(2)11-23-12-19/h4-6,9-12,14,20H,7-8,13H2,1-3H3,(H,24,27)(H,25,28)/t14-,20+/m1/s1. The van der Waals surface area contributed by atoms with Crippen LogP contribution in [-0.4, -0.2) is 34.2 Å². The van der Waals surface area contributed by atoms with Gasteiger partial charge in [0, 0.05) is 25.4 Å². The molecule has 0 unspecified atom stereocenters. The molecule has 152 valence electrons. The molecule has 3 amide bonds. The van der Waals surface area contributed by atoms with Gasteiger partial charge in [0.05, 0.1) is 17.9 Å². The van der Waals surface area contributed by atoms with Gasteiger partial charge in [-0.3, -0.25) is 19.4 Å². The molecule has 2 heterocycles. The summed E-state index contributed by atoms with van der Waals surface area (Å²) in [4.78, 5) is 42.7. The number of carbonyl (C=O) groups is 3. The predicted molar refractivity (Wildman–Crippen MR) is 111 cm³/mol. The highest BCUT2D eigenvalue weighted by molar-refractivity contribution is 6.39. The number of hydrogen-bond acceptors (Lipinski definition) is 4. The number of likely N-dealkylation sites (tertiary alicyclic amines) is 1. The zero-order valence-corrected chi connectivity index (χ0v) is 16.9. The molecular formula is C22H26N4O3. The molecule has 0 bridgehead atoms. The molecule has 1 aromatic heterocycles. The second kappa shape index (κ2) is 8.86. The number of amides is 3. The van der Waals surface area contributed by atoms with Gasteiger partial charge in [-0.05, 0) is 55.0 Å². The van der Waals surface area contributed by atoms with E-state index in [-0.39, 0.29) is 11.9 Å². The molecule has 29 heavy (non-hydrogen) atoms. The Morgan fingerprint density at radius 1 is 1.07 bits per heavy atom. The fourth-order valence-corrected chi connectivity index (χ4v) is 3.69. The lowest BCUT2D eigenvalue weighted by atomic mass is 9.89. The van der Waals surface area contributed by atoms with Crippen molar-refractivity contribution in [1.82, 2.24) is 9.88 Å². The van der Waals surface area contributed by atoms with Crippen LogP contribution in [0.4, 0.5) is 11.4 Å². The smallest absolute Gasteiger partial charge is 0.313 e. The molecule has 2 atom stereocenters. The van der Waals surface area contributed by atoms with Crippen LogP contribution in [0.5, 0.6) is 0 Å². The fourth-order valence-electron chi connectivity index (χ4n) is 3.69. The number of rotatable bonds is 3. The third-order valence-corrected chi connectivity index (χ3v) is 5.00. The molecule has 2 aromatic rings. The van der Waals surface area contributed by atoms with Crippen LogP contribution in [0.2, 0.25) is 0 Å². The average Bonchev–Trinajstić information content (AvgIpc) is 2.67. The number of carbonyl (C=O) groups excluding carboxylic acids is 3. The topological polar surface area (TPSA) is 91.4 Å². The summed E-state index contributed by atoms with van der Waals surface area (Å²) in [7, 11) is 0. The van der Waals surface area contributed by atoms with Crippen molar-refractivity contribution in [3.8, 4) is 0 Å². The Morgan fingerprint density at radius 2 is 1.86 bits per heavy atom. The van der Waals surface area contributed by atoms with E-state index in [0.29, 0.717) is 23.8 Å². The van der Waals surface area contributed by atoms with Crippen LogP contribution in [-0.2, 0) is 14.4 Å². The lowest BCUT2D eigenvalue weighted by Gasteiger charge is -2.38. The Kier molecular flexibility index (Phi) is 6.26. The van der Waals surface area contributed by atoms with Crippen LogP contribution in [0.1, 0.15) is 43.9 Å². The molecule has 3 rings (SSSR count). The van der Waals surface area contributed by atoms with Crippen molar-refractivity contribution in [2.75, 3.05) is 17.2 Å². The highest BCUT2D eigenvalue weighted by Crippen LogP contribution is 2.34. The van der Waals surface area contributed by atoms with Gasteiger partial charge in [-0.1, -0.05) is 19.1 Å². The zero-order chi connectivity index (χ0) is 21.0. The predicted octanol–water partition coefficient (Wildman–Crippen LogP) is 3.29. The number of aryl methyl sites for hydroxylation is 1. The number of nitrogens with zero attached hydrogens (tertiary/aromatic N) is 2. The van der Waals surface area contributed by atoms with Gasteiger partial charge in [0.15, 0.2) is 0 Å². The largest absolute Gasteiger partial charge is 0.327 e. The summed E-state index contributed by atoms with van der Waals surface area (Å²) in [6, 6.07) is 9.00. The van der Waals surface area contributed by atoms with Gasteiger partial charge >= 0.3 is 11.8 Å². The second-order valence-electron chi connectivity index (χ2n) is 7.67. The monoisotopic (exact) mass is 394 g/mol. The number of pyridine rings is 1. The lowest BCUT2D eigenvalue weighted by Crippen LogP contribution is -2.46. The maximum absolute atomic E-state index is 13.0. The Morgan fingerprint density at radius 3 is 2.59 bits per heavy atom. The van der Waals surface area contributed by atoms with E-state index in [1.54, 1.807) is 23.2 Å². The number of benzene rings is 1. The van der Waals surface area contributed by atoms with Gasteiger partial charge in [-0.2, -0.15) is 0 Å². The number of anilines is 2. The molecule has 1 fully saturated rings. The first-order chi connectivity index (χ1) is 13.8. The number of piperidine rings is 1. The Labute approximate surface area is 170 Å². The molecule has 0 saturated carbocycles. The summed E-state index contributed by atoms with van der Waals surface area (Å²) in [5, 5.41) is 5.42. The van der Waals surface area contributed by atoms with Gasteiger partial charge in [0.2, 0.25) is 5.91 Å². The molecule has 1 aliphatic heterocycles. The zero-order valence-electron chi connectivity index (χ0n) is 16.9. The lowest BCUT2D eigenvalue weighted by molar-refractivity contribution is -0.146. The number of nitrogens with one attached hydrogen (secondary N) is 2. The fraction of sp³-hybridized carbons (Fsp3) is 0.364. The van der Waals surface area contributed by atoms with E-state index in [9.17, 15) is 14.4 Å². The molecule has 7 heteroatoms. The minimum Gasteiger partial charge on any atom is -0.327 e. The molecule has 1 aromatic carbocycles. The van der Waals surface area contributed by atoms with E-state index in [0.717, 1.165) is 24.0 Å². The maximum atomic E-state index is 13.0. The van der Waals surface area contributed by atoms with Crippen molar-refractivity contribution in [2.24, 2.45) is 5.92 Å². The Hall–Kier alpha value is -3.22. The Bertz CT molecular complexity index is 928. The summed E-state index contributed by atoms with van der Waals surface area (Å²) in [6.07, 6.45) is 4.92. The van der Waals surface area contributed by atoms with Gasteiger partial charge in [0.25, 0.3) is 0 Å². The van der Waals surface area contributed by atoms with E-state index in [1.807, 2.05) is 25.1 Å². The summed E-state index contributed by atoms with van der Waals surface area (Å²) in [6.45, 7) is 5.91. The Balaban J connectivity index is 1.81. The number of aromatic nitrogens is 1. The first-order valence-electron chi connectivity index (χ1n) is 9.74. The van der Waals surface area contributed by atoms with E-state index < -0.39 is 11.8 Å². The van der Waals surface area contributed by atoms with Crippen LogP contribution in [0.3, 0.4) is 0 Å². The van der Waals surface area contributed by atoms with E-state index in [2.05, 4.69) is 22.5 Å². The van der Waals surface area contributed by atoms with Crippen LogP contribution in [0.15, 0.2) is 42.7 Å². The van der Waals surface area contributed by atoms with Crippen molar-refractivity contribution in [3.05, 3.63) is 53.9 Å². The molecule has 1 saturated heterocycles. The number of hydrogen-bond donors (Lipinski definition) is 2. The first-order valence-corrected chi connectivity index (χ1v) is 9.74. The van der Waals surface area contributed by atoms with Crippen molar-refractivity contribution in [3.63, 3.8) is 0 Å². The van der Waals surface area contributed by atoms with E-state index in [4.69, 9.17) is 0 Å². The van der Waals surface area contributed by atoms with Crippen LogP contribution in [0, 0.1) is 12.8 Å². The van der Waals surface area contributed by atoms with Crippen molar-refractivity contribution in [2.45, 2.75) is 39.7 Å². The quantitative estimate of drug-likeness (QED) is 0.782. The molecule has 0 radical (unpaired) electrons. The van der Waals surface area contributed by atoms with Crippen molar-refractivity contribution in [1.29, 1.82) is 0 Å². The molecule has 7 nitrogen and oxygen atoms in total. The molecule has 1 aliphatic rings. The van der Waals surface area contributed by atoms with Crippen LogP contribution in [0.25, 0.3) is 0 Å². The minimum absolute atomic E-state index is 0.154. The summed E-state index contributed by atoms with van der Waals surface area (Å²) in [5.74, 6) is -1.08. The summed E-state index contributed by atoms with van der Waals surface area (Å²) < 4.78 is 0. The van der Waals surface area contributed by atoms with Crippen LogP contribution >= 0.6 is 0 Å². The van der Waals surface area contributed by atoms with Crippen molar-refractivity contribution >= 4 is 29.1 Å². The highest BCUT2D eigenvalue weighted by Gasteiger charge is 2.34. The molecule has 0 spiro atoms. The first kappa shape index (κ1) is 20.5. The van der Waals surface area contributed by atoms with Gasteiger partial charge in [-0.25, -0.2) is 0 Å². The minimum atomic E-state index is -0.672. The molecule has 2 N–H and O–H groups in total. The third-order valence-electron chi connectivity index (χ3n) is 5.00. The average molecular weight is 394 g/mol. The van der Waals surface area contributed by atoms with Gasteiger partial charge in [0.1, 0.15) is 0 Å². The molecular weight excluding hydrogens is 368 g/mol. The van der Waals surface area contributed by atoms with E-state index in [1.165, 1.54) is 13.1 Å². The maximum Gasteiger partial charge on any atom is 0.313 e.